The van der Waals surface area contributed by atoms with Gasteiger partial charge in [0.05, 0.1) is 11.8 Å². The lowest BCUT2D eigenvalue weighted by atomic mass is 10.2. The number of esters is 1. The van der Waals surface area contributed by atoms with E-state index in [2.05, 4.69) is 42.0 Å². The molecule has 0 atom stereocenters. The van der Waals surface area contributed by atoms with Gasteiger partial charge in [0.15, 0.2) is 0 Å². The Labute approximate surface area is 212 Å². The first-order valence-corrected chi connectivity index (χ1v) is 11.7. The Hall–Kier alpha value is -4.22. The highest BCUT2D eigenvalue weighted by molar-refractivity contribution is 9.10. The highest BCUT2D eigenvalue weighted by atomic mass is 79.9. The molecular formula is C24H16BrN5O4S. The Morgan fingerprint density at radius 1 is 0.914 bits per heavy atom. The van der Waals surface area contributed by atoms with Gasteiger partial charge in [-0.1, -0.05) is 63.7 Å². The molecule has 0 aliphatic heterocycles. The van der Waals surface area contributed by atoms with E-state index in [0.29, 0.717) is 21.9 Å². The maximum Gasteiger partial charge on any atom is 0.343 e. The maximum atomic E-state index is 12.2. The van der Waals surface area contributed by atoms with Gasteiger partial charge >= 0.3 is 17.8 Å². The van der Waals surface area contributed by atoms with Crippen molar-refractivity contribution in [2.24, 2.45) is 5.10 Å². The van der Waals surface area contributed by atoms with E-state index in [-0.39, 0.29) is 5.13 Å². The Morgan fingerprint density at radius 3 is 2.43 bits per heavy atom. The molecule has 35 heavy (non-hydrogen) atoms. The fourth-order valence-electron chi connectivity index (χ4n) is 2.74. The number of hydrazone groups is 1. The number of rotatable bonds is 6. The number of anilines is 1. The third-order valence-electron chi connectivity index (χ3n) is 4.40. The summed E-state index contributed by atoms with van der Waals surface area (Å²) in [5, 5.41) is 14.9. The summed E-state index contributed by atoms with van der Waals surface area (Å²) in [6, 6.07) is 22.7. The van der Waals surface area contributed by atoms with E-state index in [4.69, 9.17) is 4.74 Å². The standard InChI is InChI=1S/C24H16BrN5O4S/c25-18-8-4-7-17(13-18)23(33)34-19-11-9-15(10-12-19)14-26-28-21(32)20(31)27-24-30-29-22(35-24)16-5-2-1-3-6-16/h1-14H,(H,28,32)(H,27,30,31). The van der Waals surface area contributed by atoms with Gasteiger partial charge in [-0.05, 0) is 48.0 Å². The van der Waals surface area contributed by atoms with Crippen LogP contribution in [0.15, 0.2) is 88.4 Å². The first-order valence-electron chi connectivity index (χ1n) is 10.1. The normalized spacial score (nSPS) is 10.7. The van der Waals surface area contributed by atoms with Gasteiger partial charge in [-0.25, -0.2) is 10.2 Å². The first kappa shape index (κ1) is 23.9. The van der Waals surface area contributed by atoms with Crippen molar-refractivity contribution in [2.45, 2.75) is 0 Å². The summed E-state index contributed by atoms with van der Waals surface area (Å²) in [5.74, 6) is -2.02. The van der Waals surface area contributed by atoms with Gasteiger partial charge in [0, 0.05) is 10.0 Å². The molecular weight excluding hydrogens is 534 g/mol. The number of carbonyl (C=O) groups is 3. The molecule has 0 unspecified atom stereocenters. The Morgan fingerprint density at radius 2 is 1.69 bits per heavy atom. The number of aromatic nitrogens is 2. The van der Waals surface area contributed by atoms with Crippen LogP contribution in [-0.4, -0.2) is 34.2 Å². The van der Waals surface area contributed by atoms with Gasteiger partial charge in [0.2, 0.25) is 5.13 Å². The summed E-state index contributed by atoms with van der Waals surface area (Å²) >= 11 is 4.46. The van der Waals surface area contributed by atoms with Crippen LogP contribution in [0.1, 0.15) is 15.9 Å². The fraction of sp³-hybridized carbons (Fsp3) is 0. The zero-order valence-electron chi connectivity index (χ0n) is 17.8. The van der Waals surface area contributed by atoms with Crippen molar-refractivity contribution in [1.82, 2.24) is 15.6 Å². The molecule has 9 nitrogen and oxygen atoms in total. The Bertz CT molecular complexity index is 1390. The number of ether oxygens (including phenoxy) is 1. The number of nitrogens with zero attached hydrogens (tertiary/aromatic N) is 3. The van der Waals surface area contributed by atoms with Crippen LogP contribution in [0.3, 0.4) is 0 Å². The maximum absolute atomic E-state index is 12.2. The number of hydrogen-bond acceptors (Lipinski definition) is 8. The van der Waals surface area contributed by atoms with Crippen LogP contribution in [0.2, 0.25) is 0 Å². The highest BCUT2D eigenvalue weighted by Gasteiger charge is 2.16. The Kier molecular flexibility index (Phi) is 7.70. The quantitative estimate of drug-likeness (QED) is 0.122. The molecule has 1 aromatic heterocycles. The summed E-state index contributed by atoms with van der Waals surface area (Å²) < 4.78 is 6.11. The molecule has 174 valence electrons. The van der Waals surface area contributed by atoms with E-state index in [0.717, 1.165) is 21.4 Å². The van der Waals surface area contributed by atoms with Gasteiger partial charge in [0.1, 0.15) is 10.8 Å². The van der Waals surface area contributed by atoms with Gasteiger partial charge in [0.25, 0.3) is 0 Å². The second kappa shape index (κ2) is 11.3. The molecule has 0 fully saturated rings. The fourth-order valence-corrected chi connectivity index (χ4v) is 3.89. The van der Waals surface area contributed by atoms with Crippen molar-refractivity contribution >= 4 is 56.4 Å². The van der Waals surface area contributed by atoms with Crippen LogP contribution in [0, 0.1) is 0 Å². The van der Waals surface area contributed by atoms with Crippen molar-refractivity contribution in [3.8, 4) is 16.3 Å². The molecule has 0 spiro atoms. The lowest BCUT2D eigenvalue weighted by Crippen LogP contribution is -2.32. The van der Waals surface area contributed by atoms with Crippen LogP contribution in [0.5, 0.6) is 5.75 Å². The summed E-state index contributed by atoms with van der Waals surface area (Å²) in [6.07, 6.45) is 1.35. The van der Waals surface area contributed by atoms with Gasteiger partial charge in [-0.3, -0.25) is 14.9 Å². The molecule has 4 aromatic rings. The van der Waals surface area contributed by atoms with Gasteiger partial charge < -0.3 is 4.74 Å². The lowest BCUT2D eigenvalue weighted by Gasteiger charge is -2.05. The molecule has 0 aliphatic carbocycles. The minimum Gasteiger partial charge on any atom is -0.423 e. The number of halogens is 1. The summed E-state index contributed by atoms with van der Waals surface area (Å²) in [6.45, 7) is 0. The predicted molar refractivity (Wildman–Crippen MR) is 135 cm³/mol. The summed E-state index contributed by atoms with van der Waals surface area (Å²) in [7, 11) is 0. The third-order valence-corrected chi connectivity index (χ3v) is 5.78. The van der Waals surface area contributed by atoms with Crippen LogP contribution in [0.25, 0.3) is 10.6 Å². The van der Waals surface area contributed by atoms with Crippen molar-refractivity contribution in [1.29, 1.82) is 0 Å². The Balaban J connectivity index is 1.27. The molecule has 11 heteroatoms. The number of carbonyl (C=O) groups excluding carboxylic acids is 3. The molecule has 0 aliphatic rings. The molecule has 0 radical (unpaired) electrons. The SMILES string of the molecule is O=C(NN=Cc1ccc(OC(=O)c2cccc(Br)c2)cc1)C(=O)Nc1nnc(-c2ccccc2)s1. The van der Waals surface area contributed by atoms with E-state index in [1.54, 1.807) is 42.5 Å². The molecule has 4 rings (SSSR count). The predicted octanol–water partition coefficient (Wildman–Crippen LogP) is 4.28. The third kappa shape index (κ3) is 6.65. The van der Waals surface area contributed by atoms with Crippen molar-refractivity contribution in [3.63, 3.8) is 0 Å². The number of nitrogens with one attached hydrogen (secondary N) is 2. The zero-order valence-corrected chi connectivity index (χ0v) is 20.2. The molecule has 2 amide bonds. The van der Waals surface area contributed by atoms with E-state index in [1.807, 2.05) is 36.4 Å². The van der Waals surface area contributed by atoms with Crippen molar-refractivity contribution in [3.05, 3.63) is 94.5 Å². The monoisotopic (exact) mass is 549 g/mol. The van der Waals surface area contributed by atoms with Crippen LogP contribution in [-0.2, 0) is 9.59 Å². The molecule has 1 heterocycles. The minimum absolute atomic E-state index is 0.195. The van der Waals surface area contributed by atoms with Crippen molar-refractivity contribution in [2.75, 3.05) is 5.32 Å². The average Bonchev–Trinajstić information content (AvgIpc) is 3.34. The highest BCUT2D eigenvalue weighted by Crippen LogP contribution is 2.25. The van der Waals surface area contributed by atoms with Gasteiger partial charge in [-0.15, -0.1) is 10.2 Å². The second-order valence-electron chi connectivity index (χ2n) is 6.90. The average molecular weight is 550 g/mol. The molecule has 2 N–H and O–H groups in total. The smallest absolute Gasteiger partial charge is 0.343 e. The van der Waals surface area contributed by atoms with E-state index in [1.165, 1.54) is 6.21 Å². The molecule has 3 aromatic carbocycles. The zero-order chi connectivity index (χ0) is 24.6. The molecule has 0 saturated carbocycles. The number of benzene rings is 3. The van der Waals surface area contributed by atoms with E-state index in [9.17, 15) is 14.4 Å². The topological polar surface area (TPSA) is 123 Å². The first-order chi connectivity index (χ1) is 17.0. The molecule has 0 saturated heterocycles. The summed E-state index contributed by atoms with van der Waals surface area (Å²) in [5.41, 5.74) is 4.03. The number of hydrogen-bond donors (Lipinski definition) is 2. The molecule has 0 bridgehead atoms. The van der Waals surface area contributed by atoms with E-state index < -0.39 is 17.8 Å². The van der Waals surface area contributed by atoms with Gasteiger partial charge in [-0.2, -0.15) is 5.10 Å². The second-order valence-corrected chi connectivity index (χ2v) is 8.79. The lowest BCUT2D eigenvalue weighted by molar-refractivity contribution is -0.136. The van der Waals surface area contributed by atoms with Crippen molar-refractivity contribution < 1.29 is 19.1 Å². The number of amides is 2. The van der Waals surface area contributed by atoms with Crippen LogP contribution < -0.4 is 15.5 Å². The largest absolute Gasteiger partial charge is 0.423 e. The van der Waals surface area contributed by atoms with E-state index >= 15 is 0 Å². The minimum atomic E-state index is -0.961. The summed E-state index contributed by atoms with van der Waals surface area (Å²) in [4.78, 5) is 36.3. The van der Waals surface area contributed by atoms with Crippen LogP contribution >= 0.6 is 27.3 Å². The van der Waals surface area contributed by atoms with Crippen LogP contribution in [0.4, 0.5) is 5.13 Å².